The molecule has 1 aliphatic rings. The van der Waals surface area contributed by atoms with Crippen LogP contribution in [-0.2, 0) is 0 Å². The van der Waals surface area contributed by atoms with Crippen LogP contribution in [0.3, 0.4) is 0 Å². The molecular formula is C11H14ClFN2S. The SMILES string of the molecule is Nc1cc(Cl)c(F)cc1NC1CCCSC1. The van der Waals surface area contributed by atoms with Crippen LogP contribution >= 0.6 is 23.4 Å². The lowest BCUT2D eigenvalue weighted by Crippen LogP contribution is -2.26. The van der Waals surface area contributed by atoms with E-state index in [9.17, 15) is 4.39 Å². The van der Waals surface area contributed by atoms with Gasteiger partial charge in [0.1, 0.15) is 5.82 Å². The van der Waals surface area contributed by atoms with E-state index < -0.39 is 5.82 Å². The molecule has 0 radical (unpaired) electrons. The summed E-state index contributed by atoms with van der Waals surface area (Å²) in [5, 5.41) is 3.34. The number of halogens is 2. The van der Waals surface area contributed by atoms with Crippen LogP contribution in [0.15, 0.2) is 12.1 Å². The summed E-state index contributed by atoms with van der Waals surface area (Å²) < 4.78 is 13.3. The molecule has 88 valence electrons. The van der Waals surface area contributed by atoms with E-state index in [-0.39, 0.29) is 5.02 Å². The van der Waals surface area contributed by atoms with Crippen molar-refractivity contribution in [3.8, 4) is 0 Å². The Morgan fingerprint density at radius 1 is 1.50 bits per heavy atom. The van der Waals surface area contributed by atoms with Gasteiger partial charge in [-0.3, -0.25) is 0 Å². The molecule has 0 aromatic heterocycles. The lowest BCUT2D eigenvalue weighted by molar-refractivity contribution is 0.627. The molecule has 2 rings (SSSR count). The fourth-order valence-electron chi connectivity index (χ4n) is 1.76. The van der Waals surface area contributed by atoms with Gasteiger partial charge in [0.2, 0.25) is 0 Å². The maximum atomic E-state index is 13.3. The first kappa shape index (κ1) is 11.9. The average Bonchev–Trinajstić information content (AvgIpc) is 2.27. The molecular weight excluding hydrogens is 247 g/mol. The van der Waals surface area contributed by atoms with Gasteiger partial charge in [0.25, 0.3) is 0 Å². The number of nitrogens with one attached hydrogen (secondary N) is 1. The average molecular weight is 261 g/mol. The number of anilines is 2. The van der Waals surface area contributed by atoms with Crippen molar-refractivity contribution < 1.29 is 4.39 Å². The lowest BCUT2D eigenvalue weighted by atomic mass is 10.1. The van der Waals surface area contributed by atoms with Gasteiger partial charge in [-0.2, -0.15) is 11.8 Å². The van der Waals surface area contributed by atoms with Crippen molar-refractivity contribution in [3.05, 3.63) is 23.0 Å². The van der Waals surface area contributed by atoms with Crippen molar-refractivity contribution in [1.29, 1.82) is 0 Å². The summed E-state index contributed by atoms with van der Waals surface area (Å²) in [6.07, 6.45) is 2.30. The molecule has 1 saturated heterocycles. The first-order valence-corrected chi connectivity index (χ1v) is 6.79. The van der Waals surface area contributed by atoms with Crippen molar-refractivity contribution in [1.82, 2.24) is 0 Å². The number of nitrogens with two attached hydrogens (primary N) is 1. The molecule has 1 aromatic rings. The minimum Gasteiger partial charge on any atom is -0.397 e. The standard InChI is InChI=1S/C11H14ClFN2S/c12-8-4-10(14)11(5-9(8)13)15-7-2-1-3-16-6-7/h4-5,7,15H,1-3,6,14H2. The lowest BCUT2D eigenvalue weighted by Gasteiger charge is -2.24. The van der Waals surface area contributed by atoms with Gasteiger partial charge in [-0.25, -0.2) is 4.39 Å². The van der Waals surface area contributed by atoms with Crippen molar-refractivity contribution in [2.24, 2.45) is 0 Å². The normalized spacial score (nSPS) is 20.8. The summed E-state index contributed by atoms with van der Waals surface area (Å²) in [5.41, 5.74) is 6.94. The predicted octanol–water partition coefficient (Wildman–Crippen LogP) is 3.37. The number of thioether (sulfide) groups is 1. The third-order valence-corrected chi connectivity index (χ3v) is 4.12. The molecule has 1 fully saturated rings. The highest BCUT2D eigenvalue weighted by atomic mass is 35.5. The second-order valence-electron chi connectivity index (χ2n) is 3.91. The van der Waals surface area contributed by atoms with E-state index in [1.807, 2.05) is 11.8 Å². The number of hydrogen-bond acceptors (Lipinski definition) is 3. The minimum atomic E-state index is -0.429. The fraction of sp³-hybridized carbons (Fsp3) is 0.455. The summed E-state index contributed by atoms with van der Waals surface area (Å²) in [5.74, 6) is 1.83. The van der Waals surface area contributed by atoms with E-state index in [0.29, 0.717) is 17.4 Å². The zero-order valence-electron chi connectivity index (χ0n) is 8.80. The first-order valence-electron chi connectivity index (χ1n) is 5.25. The van der Waals surface area contributed by atoms with Crippen molar-refractivity contribution in [3.63, 3.8) is 0 Å². The Morgan fingerprint density at radius 3 is 3.00 bits per heavy atom. The van der Waals surface area contributed by atoms with E-state index in [1.54, 1.807) is 0 Å². The Labute approximate surface area is 104 Å². The summed E-state index contributed by atoms with van der Waals surface area (Å²) in [6, 6.07) is 3.20. The number of rotatable bonds is 2. The van der Waals surface area contributed by atoms with E-state index in [1.165, 1.54) is 24.3 Å². The van der Waals surface area contributed by atoms with Gasteiger partial charge < -0.3 is 11.1 Å². The Kier molecular flexibility index (Phi) is 3.82. The Hall–Kier alpha value is -0.610. The monoisotopic (exact) mass is 260 g/mol. The van der Waals surface area contributed by atoms with Crippen molar-refractivity contribution in [2.45, 2.75) is 18.9 Å². The van der Waals surface area contributed by atoms with Crippen LogP contribution in [-0.4, -0.2) is 17.5 Å². The molecule has 0 spiro atoms. The molecule has 0 amide bonds. The molecule has 2 nitrogen and oxygen atoms in total. The zero-order valence-corrected chi connectivity index (χ0v) is 10.4. The zero-order chi connectivity index (χ0) is 11.5. The first-order chi connectivity index (χ1) is 7.66. The third kappa shape index (κ3) is 2.74. The molecule has 0 bridgehead atoms. The predicted molar refractivity (Wildman–Crippen MR) is 69.8 cm³/mol. The highest BCUT2D eigenvalue weighted by Crippen LogP contribution is 2.28. The molecule has 3 N–H and O–H groups in total. The number of nitrogen functional groups attached to an aromatic ring is 1. The Balaban J connectivity index is 2.11. The van der Waals surface area contributed by atoms with Gasteiger partial charge in [-0.05, 0) is 24.7 Å². The largest absolute Gasteiger partial charge is 0.397 e. The van der Waals surface area contributed by atoms with Crippen LogP contribution < -0.4 is 11.1 Å². The second kappa shape index (κ2) is 5.15. The van der Waals surface area contributed by atoms with Gasteiger partial charge in [-0.1, -0.05) is 11.6 Å². The molecule has 0 aliphatic carbocycles. The van der Waals surface area contributed by atoms with Crippen LogP contribution in [0.5, 0.6) is 0 Å². The van der Waals surface area contributed by atoms with Gasteiger partial charge >= 0.3 is 0 Å². The molecule has 0 saturated carbocycles. The van der Waals surface area contributed by atoms with Crippen LogP contribution in [0.1, 0.15) is 12.8 Å². The topological polar surface area (TPSA) is 38.0 Å². The van der Waals surface area contributed by atoms with E-state index in [2.05, 4.69) is 5.32 Å². The van der Waals surface area contributed by atoms with Crippen molar-refractivity contribution in [2.75, 3.05) is 22.6 Å². The quantitative estimate of drug-likeness (QED) is 0.801. The van der Waals surface area contributed by atoms with E-state index >= 15 is 0 Å². The van der Waals surface area contributed by atoms with Gasteiger partial charge in [0.05, 0.1) is 16.4 Å². The maximum absolute atomic E-state index is 13.3. The summed E-state index contributed by atoms with van der Waals surface area (Å²) >= 11 is 7.55. The molecule has 5 heteroatoms. The van der Waals surface area contributed by atoms with Gasteiger partial charge in [0.15, 0.2) is 0 Å². The van der Waals surface area contributed by atoms with E-state index in [0.717, 1.165) is 12.2 Å². The number of benzene rings is 1. The Bertz CT molecular complexity index is 380. The molecule has 16 heavy (non-hydrogen) atoms. The third-order valence-electron chi connectivity index (χ3n) is 2.61. The summed E-state index contributed by atoms with van der Waals surface area (Å²) in [6.45, 7) is 0. The Morgan fingerprint density at radius 2 is 2.31 bits per heavy atom. The van der Waals surface area contributed by atoms with Gasteiger partial charge in [-0.15, -0.1) is 0 Å². The molecule has 1 unspecified atom stereocenters. The van der Waals surface area contributed by atoms with Crippen LogP contribution in [0.25, 0.3) is 0 Å². The van der Waals surface area contributed by atoms with Crippen LogP contribution in [0, 0.1) is 5.82 Å². The smallest absolute Gasteiger partial charge is 0.143 e. The van der Waals surface area contributed by atoms with Crippen molar-refractivity contribution >= 4 is 34.7 Å². The van der Waals surface area contributed by atoms with Crippen LogP contribution in [0.2, 0.25) is 5.02 Å². The molecule has 1 aromatic carbocycles. The molecule has 1 aliphatic heterocycles. The highest BCUT2D eigenvalue weighted by molar-refractivity contribution is 7.99. The second-order valence-corrected chi connectivity index (χ2v) is 5.47. The summed E-state index contributed by atoms with van der Waals surface area (Å²) in [4.78, 5) is 0. The highest BCUT2D eigenvalue weighted by Gasteiger charge is 2.15. The molecule has 1 atom stereocenters. The summed E-state index contributed by atoms with van der Waals surface area (Å²) in [7, 11) is 0. The van der Waals surface area contributed by atoms with E-state index in [4.69, 9.17) is 17.3 Å². The van der Waals surface area contributed by atoms with Gasteiger partial charge in [0, 0.05) is 17.9 Å². The number of hydrogen-bond donors (Lipinski definition) is 2. The molecule has 1 heterocycles. The van der Waals surface area contributed by atoms with Crippen LogP contribution in [0.4, 0.5) is 15.8 Å². The minimum absolute atomic E-state index is 0.0704. The maximum Gasteiger partial charge on any atom is 0.143 e. The fourth-order valence-corrected chi connectivity index (χ4v) is 3.01.